The number of thiophene rings is 1. The number of hydrogen-bond donors (Lipinski definition) is 0. The molecule has 0 atom stereocenters. The molecule has 0 N–H and O–H groups in total. The van der Waals surface area contributed by atoms with E-state index in [1.54, 1.807) is 0 Å². The highest BCUT2D eigenvalue weighted by atomic mass is 32.1. The summed E-state index contributed by atoms with van der Waals surface area (Å²) in [6.45, 7) is 5.86. The van der Waals surface area contributed by atoms with E-state index in [4.69, 9.17) is 0 Å². The van der Waals surface area contributed by atoms with Gasteiger partial charge in [0.15, 0.2) is 0 Å². The summed E-state index contributed by atoms with van der Waals surface area (Å²) in [6, 6.07) is 2.17. The molecule has 0 aliphatic heterocycles. The Morgan fingerprint density at radius 1 is 1.70 bits per heavy atom. The third-order valence-corrected chi connectivity index (χ3v) is 2.63. The van der Waals surface area contributed by atoms with Crippen LogP contribution in [0.25, 0.3) is 0 Å². The van der Waals surface area contributed by atoms with Crippen LogP contribution in [0.3, 0.4) is 0 Å². The first-order valence-corrected chi connectivity index (χ1v) is 4.36. The predicted octanol–water partition coefficient (Wildman–Crippen LogP) is 3.18. The van der Waals surface area contributed by atoms with Gasteiger partial charge in [0.25, 0.3) is 0 Å². The third kappa shape index (κ3) is 1.71. The minimum Gasteiger partial charge on any atom is -0.149 e. The lowest BCUT2D eigenvalue weighted by molar-refractivity contribution is 1.02. The molecule has 0 unspecified atom stereocenters. The largest absolute Gasteiger partial charge is 0.149 e. The zero-order valence-corrected chi connectivity index (χ0v) is 7.08. The van der Waals surface area contributed by atoms with Gasteiger partial charge >= 0.3 is 0 Å². The molecule has 0 amide bonds. The second kappa shape index (κ2) is 3.57. The highest BCUT2D eigenvalue weighted by Gasteiger charge is 1.96. The van der Waals surface area contributed by atoms with E-state index in [2.05, 4.69) is 24.9 Å². The molecule has 0 nitrogen and oxygen atoms in total. The lowest BCUT2D eigenvalue weighted by atomic mass is 10.2. The van der Waals surface area contributed by atoms with Crippen molar-refractivity contribution in [3.8, 4) is 0 Å². The Labute approximate surface area is 66.2 Å². The fourth-order valence-corrected chi connectivity index (χ4v) is 1.82. The molecule has 0 saturated carbocycles. The summed E-state index contributed by atoms with van der Waals surface area (Å²) in [5.41, 5.74) is 1.42. The summed E-state index contributed by atoms with van der Waals surface area (Å²) in [6.07, 6.45) is 4.23. The summed E-state index contributed by atoms with van der Waals surface area (Å²) < 4.78 is 0. The molecule has 1 aromatic rings. The fourth-order valence-electron chi connectivity index (χ4n) is 0.893. The Morgan fingerprint density at radius 3 is 3.00 bits per heavy atom. The van der Waals surface area contributed by atoms with Crippen LogP contribution >= 0.6 is 11.3 Å². The first-order valence-electron chi connectivity index (χ1n) is 3.48. The van der Waals surface area contributed by atoms with Crippen molar-refractivity contribution in [3.63, 3.8) is 0 Å². The van der Waals surface area contributed by atoms with E-state index in [0.717, 1.165) is 12.8 Å². The maximum atomic E-state index is 3.69. The summed E-state index contributed by atoms with van der Waals surface area (Å²) in [4.78, 5) is 1.50. The van der Waals surface area contributed by atoms with E-state index in [-0.39, 0.29) is 0 Å². The molecule has 1 rings (SSSR count). The fraction of sp³-hybridized carbons (Fsp3) is 0.333. The quantitative estimate of drug-likeness (QED) is 0.583. The maximum absolute atomic E-state index is 3.69. The van der Waals surface area contributed by atoms with Gasteiger partial charge in [-0.05, 0) is 36.8 Å². The predicted molar refractivity (Wildman–Crippen MR) is 47.6 cm³/mol. The van der Waals surface area contributed by atoms with Crippen molar-refractivity contribution in [1.29, 1.82) is 0 Å². The molecular formula is C9H12S. The van der Waals surface area contributed by atoms with Crippen molar-refractivity contribution in [1.82, 2.24) is 0 Å². The van der Waals surface area contributed by atoms with Gasteiger partial charge in [-0.3, -0.25) is 0 Å². The summed E-state index contributed by atoms with van der Waals surface area (Å²) >= 11 is 1.84. The molecule has 0 aromatic carbocycles. The Kier molecular flexibility index (Phi) is 2.69. The Morgan fingerprint density at radius 2 is 2.50 bits per heavy atom. The molecular weight excluding hydrogens is 140 g/mol. The Hall–Kier alpha value is -0.560. The van der Waals surface area contributed by atoms with Crippen molar-refractivity contribution in [2.45, 2.75) is 19.8 Å². The maximum Gasteiger partial charge on any atom is 0.00774 e. The van der Waals surface area contributed by atoms with Crippen LogP contribution in [0.2, 0.25) is 0 Å². The van der Waals surface area contributed by atoms with Crippen LogP contribution in [0, 0.1) is 6.92 Å². The van der Waals surface area contributed by atoms with Crippen LogP contribution in [0.15, 0.2) is 24.1 Å². The molecule has 0 aliphatic carbocycles. The third-order valence-electron chi connectivity index (χ3n) is 1.54. The van der Waals surface area contributed by atoms with Crippen LogP contribution in [-0.2, 0) is 6.42 Å². The average molecular weight is 152 g/mol. The zero-order chi connectivity index (χ0) is 7.40. The first-order chi connectivity index (χ1) is 4.84. The van der Waals surface area contributed by atoms with Crippen molar-refractivity contribution in [2.75, 3.05) is 0 Å². The van der Waals surface area contributed by atoms with Crippen LogP contribution < -0.4 is 0 Å². The van der Waals surface area contributed by atoms with E-state index in [1.165, 1.54) is 10.4 Å². The first kappa shape index (κ1) is 7.55. The number of hydrogen-bond acceptors (Lipinski definition) is 1. The number of aryl methyl sites for hydroxylation is 2. The molecule has 0 spiro atoms. The summed E-state index contributed by atoms with van der Waals surface area (Å²) in [5, 5.41) is 2.15. The van der Waals surface area contributed by atoms with Crippen molar-refractivity contribution >= 4 is 11.3 Å². The molecule has 54 valence electrons. The van der Waals surface area contributed by atoms with E-state index in [9.17, 15) is 0 Å². The second-order valence-electron chi connectivity index (χ2n) is 2.35. The lowest BCUT2D eigenvalue weighted by Crippen LogP contribution is -1.79. The van der Waals surface area contributed by atoms with Crippen LogP contribution in [-0.4, -0.2) is 0 Å². The van der Waals surface area contributed by atoms with Gasteiger partial charge < -0.3 is 0 Å². The average Bonchev–Trinajstić information content (AvgIpc) is 2.31. The van der Waals surface area contributed by atoms with E-state index >= 15 is 0 Å². The van der Waals surface area contributed by atoms with E-state index in [1.807, 2.05) is 17.4 Å². The smallest absolute Gasteiger partial charge is 0.00774 e. The summed E-state index contributed by atoms with van der Waals surface area (Å²) in [7, 11) is 0. The van der Waals surface area contributed by atoms with Crippen LogP contribution in [0.1, 0.15) is 16.9 Å². The van der Waals surface area contributed by atoms with Gasteiger partial charge in [0, 0.05) is 4.88 Å². The van der Waals surface area contributed by atoms with E-state index < -0.39 is 0 Å². The van der Waals surface area contributed by atoms with Crippen LogP contribution in [0.5, 0.6) is 0 Å². The molecule has 0 aliphatic rings. The van der Waals surface area contributed by atoms with Gasteiger partial charge in [-0.25, -0.2) is 0 Å². The second-order valence-corrected chi connectivity index (χ2v) is 3.35. The van der Waals surface area contributed by atoms with Crippen molar-refractivity contribution < 1.29 is 0 Å². The lowest BCUT2D eigenvalue weighted by Gasteiger charge is -1.93. The van der Waals surface area contributed by atoms with Crippen molar-refractivity contribution in [3.05, 3.63) is 34.5 Å². The molecule has 0 fully saturated rings. The highest BCUT2D eigenvalue weighted by Crippen LogP contribution is 2.16. The molecule has 1 heterocycles. The minimum absolute atomic E-state index is 1.10. The minimum atomic E-state index is 1.10. The van der Waals surface area contributed by atoms with Gasteiger partial charge in [0.1, 0.15) is 0 Å². The van der Waals surface area contributed by atoms with Gasteiger partial charge in [-0.15, -0.1) is 17.9 Å². The molecule has 1 aromatic heterocycles. The van der Waals surface area contributed by atoms with Gasteiger partial charge in [-0.1, -0.05) is 6.08 Å². The molecule has 1 heteroatoms. The molecule has 0 bridgehead atoms. The normalized spacial score (nSPS) is 9.70. The SMILES string of the molecule is C=CCCc1sccc1C. The number of rotatable bonds is 3. The zero-order valence-electron chi connectivity index (χ0n) is 6.26. The topological polar surface area (TPSA) is 0 Å². The summed E-state index contributed by atoms with van der Waals surface area (Å²) in [5.74, 6) is 0. The Balaban J connectivity index is 2.56. The highest BCUT2D eigenvalue weighted by molar-refractivity contribution is 7.10. The standard InChI is InChI=1S/C9H12S/c1-3-4-5-9-8(2)6-7-10-9/h3,6-7H,1,4-5H2,2H3. The van der Waals surface area contributed by atoms with Crippen LogP contribution in [0.4, 0.5) is 0 Å². The van der Waals surface area contributed by atoms with Gasteiger partial charge in [0.2, 0.25) is 0 Å². The van der Waals surface area contributed by atoms with Crippen molar-refractivity contribution in [2.24, 2.45) is 0 Å². The molecule has 0 radical (unpaired) electrons. The molecule has 0 saturated heterocycles. The number of allylic oxidation sites excluding steroid dienone is 1. The van der Waals surface area contributed by atoms with E-state index in [0.29, 0.717) is 0 Å². The van der Waals surface area contributed by atoms with Gasteiger partial charge in [0.05, 0.1) is 0 Å². The molecule has 10 heavy (non-hydrogen) atoms. The Bertz CT molecular complexity index is 210. The monoisotopic (exact) mass is 152 g/mol. The van der Waals surface area contributed by atoms with Gasteiger partial charge in [-0.2, -0.15) is 0 Å².